The van der Waals surface area contributed by atoms with Crippen molar-refractivity contribution in [2.45, 2.75) is 6.54 Å². The number of aryl methyl sites for hydroxylation is 1. The van der Waals surface area contributed by atoms with Gasteiger partial charge in [-0.1, -0.05) is 17.7 Å². The molecule has 3 aromatic rings. The number of imidazole rings is 1. The van der Waals surface area contributed by atoms with Gasteiger partial charge in [-0.15, -0.1) is 0 Å². The van der Waals surface area contributed by atoms with Gasteiger partial charge in [-0.3, -0.25) is 14.3 Å². The Labute approximate surface area is 157 Å². The van der Waals surface area contributed by atoms with Crippen LogP contribution in [-0.2, 0) is 18.3 Å². The Morgan fingerprint density at radius 1 is 1.44 bits per heavy atom. The lowest BCUT2D eigenvalue weighted by molar-refractivity contribution is 0.188. The molecule has 0 aliphatic rings. The Morgan fingerprint density at radius 3 is 2.93 bits per heavy atom. The third-order valence-electron chi connectivity index (χ3n) is 3.88. The van der Waals surface area contributed by atoms with Gasteiger partial charge in [0.05, 0.1) is 17.8 Å². The molecule has 2 heterocycles. The molecule has 0 amide bonds. The van der Waals surface area contributed by atoms with Gasteiger partial charge in [0.2, 0.25) is 5.95 Å². The molecule has 0 spiro atoms. The number of ether oxygens (including phenoxy) is 1. The molecule has 0 saturated carbocycles. The van der Waals surface area contributed by atoms with Crippen LogP contribution in [-0.4, -0.2) is 39.0 Å². The molecule has 0 saturated heterocycles. The van der Waals surface area contributed by atoms with Crippen molar-refractivity contribution in [1.29, 1.82) is 0 Å². The molecule has 2 N–H and O–H groups in total. The van der Waals surface area contributed by atoms with Crippen LogP contribution in [0.15, 0.2) is 32.9 Å². The molecule has 11 heteroatoms. The number of benzene rings is 1. The van der Waals surface area contributed by atoms with Crippen LogP contribution in [0.2, 0.25) is 5.02 Å². The highest BCUT2D eigenvalue weighted by Crippen LogP contribution is 2.18. The van der Waals surface area contributed by atoms with E-state index in [4.69, 9.17) is 16.3 Å². The number of anilines is 1. The molecule has 0 radical (unpaired) electrons. The zero-order valence-electron chi connectivity index (χ0n) is 14.5. The topological polar surface area (TPSA) is 106 Å². The summed E-state index contributed by atoms with van der Waals surface area (Å²) in [7, 11) is 3.00. The second kappa shape index (κ2) is 7.72. The molecule has 0 unspecified atom stereocenters. The van der Waals surface area contributed by atoms with Crippen molar-refractivity contribution >= 4 is 34.9 Å². The Bertz CT molecular complexity index is 1110. The van der Waals surface area contributed by atoms with Crippen molar-refractivity contribution in [2.75, 3.05) is 19.1 Å². The zero-order valence-corrected chi connectivity index (χ0v) is 15.2. The molecule has 0 aliphatic carbocycles. The molecule has 142 valence electrons. The number of H-pyrrole nitrogens is 1. The predicted molar refractivity (Wildman–Crippen MR) is 100 cm³/mol. The molecule has 0 fully saturated rings. The van der Waals surface area contributed by atoms with Gasteiger partial charge in [-0.05, 0) is 12.1 Å². The lowest BCUT2D eigenvalue weighted by Gasteiger charge is -2.07. The number of nitrogens with zero attached hydrogens (tertiary/aromatic N) is 4. The summed E-state index contributed by atoms with van der Waals surface area (Å²) in [5.41, 5.74) is 1.98. The minimum Gasteiger partial charge on any atom is -0.383 e. The van der Waals surface area contributed by atoms with E-state index in [1.165, 1.54) is 47.7 Å². The molecule has 2 aromatic heterocycles. The van der Waals surface area contributed by atoms with E-state index in [1.807, 2.05) is 0 Å². The fourth-order valence-corrected chi connectivity index (χ4v) is 2.72. The summed E-state index contributed by atoms with van der Waals surface area (Å²) in [5, 5.41) is 4.16. The van der Waals surface area contributed by atoms with Gasteiger partial charge in [0, 0.05) is 26.3 Å². The number of hydrogen-bond donors (Lipinski definition) is 2. The average molecular weight is 395 g/mol. The van der Waals surface area contributed by atoms with Gasteiger partial charge in [-0.2, -0.15) is 10.1 Å². The van der Waals surface area contributed by atoms with E-state index < -0.39 is 17.1 Å². The van der Waals surface area contributed by atoms with Crippen LogP contribution in [0.25, 0.3) is 11.2 Å². The summed E-state index contributed by atoms with van der Waals surface area (Å²) in [6.07, 6.45) is 1.21. The monoisotopic (exact) mass is 394 g/mol. The first-order chi connectivity index (χ1) is 12.9. The van der Waals surface area contributed by atoms with Crippen LogP contribution in [0.3, 0.4) is 0 Å². The maximum absolute atomic E-state index is 13.8. The molecule has 0 bridgehead atoms. The molecule has 0 atom stereocenters. The number of hydrazone groups is 1. The van der Waals surface area contributed by atoms with Crippen molar-refractivity contribution in [1.82, 2.24) is 19.1 Å². The number of aromatic nitrogens is 4. The van der Waals surface area contributed by atoms with E-state index >= 15 is 0 Å². The second-order valence-corrected chi connectivity index (χ2v) is 5.98. The Morgan fingerprint density at radius 2 is 2.22 bits per heavy atom. The van der Waals surface area contributed by atoms with Crippen molar-refractivity contribution in [3.05, 3.63) is 55.4 Å². The minimum absolute atomic E-state index is 0.108. The Balaban J connectivity index is 2.04. The molecule has 3 rings (SSSR count). The fraction of sp³-hybridized carbons (Fsp3) is 0.250. The Kier molecular flexibility index (Phi) is 5.38. The molecule has 9 nitrogen and oxygen atoms in total. The van der Waals surface area contributed by atoms with Crippen molar-refractivity contribution < 1.29 is 9.13 Å². The van der Waals surface area contributed by atoms with Crippen LogP contribution >= 0.6 is 11.6 Å². The normalized spacial score (nSPS) is 11.6. The first kappa shape index (κ1) is 18.8. The molecule has 1 aromatic carbocycles. The first-order valence-electron chi connectivity index (χ1n) is 7.85. The van der Waals surface area contributed by atoms with Crippen LogP contribution in [0.1, 0.15) is 5.56 Å². The smallest absolute Gasteiger partial charge is 0.329 e. The zero-order chi connectivity index (χ0) is 19.6. The standard InChI is InChI=1S/C16H16ClFN6O3/c1-23-13-12(14(25)21-16(23)26)24(6-7-27-2)15(20-13)22-19-8-9-10(17)4-3-5-11(9)18/h3-5,8H,6-7H2,1-2H3,(H,20,22)(H,21,25,26). The summed E-state index contributed by atoms with van der Waals surface area (Å²) in [6, 6.07) is 4.28. The SMILES string of the molecule is COCCn1c(NN=Cc2c(F)cccc2Cl)nc2c1c(=O)[nH]c(=O)n2C. The van der Waals surface area contributed by atoms with Crippen LogP contribution in [0.4, 0.5) is 10.3 Å². The highest BCUT2D eigenvalue weighted by atomic mass is 35.5. The number of nitrogens with one attached hydrogen (secondary N) is 2. The van der Waals surface area contributed by atoms with E-state index in [0.717, 1.165) is 0 Å². The third kappa shape index (κ3) is 3.62. The highest BCUT2D eigenvalue weighted by Gasteiger charge is 2.17. The molecule has 27 heavy (non-hydrogen) atoms. The van der Waals surface area contributed by atoms with E-state index in [9.17, 15) is 14.0 Å². The third-order valence-corrected chi connectivity index (χ3v) is 4.21. The van der Waals surface area contributed by atoms with Crippen molar-refractivity contribution in [3.8, 4) is 0 Å². The fourth-order valence-electron chi connectivity index (χ4n) is 2.51. The van der Waals surface area contributed by atoms with Crippen LogP contribution in [0, 0.1) is 5.82 Å². The maximum Gasteiger partial charge on any atom is 0.329 e. The summed E-state index contributed by atoms with van der Waals surface area (Å²) < 4.78 is 21.6. The summed E-state index contributed by atoms with van der Waals surface area (Å²) in [5.74, 6) is -0.336. The quantitative estimate of drug-likeness (QED) is 0.484. The first-order valence-corrected chi connectivity index (χ1v) is 8.23. The number of hydrogen-bond acceptors (Lipinski definition) is 6. The van der Waals surface area contributed by atoms with Gasteiger partial charge in [0.15, 0.2) is 11.2 Å². The second-order valence-electron chi connectivity index (χ2n) is 5.58. The largest absolute Gasteiger partial charge is 0.383 e. The van der Waals surface area contributed by atoms with Gasteiger partial charge in [0.1, 0.15) is 5.82 Å². The van der Waals surface area contributed by atoms with Crippen molar-refractivity contribution in [3.63, 3.8) is 0 Å². The van der Waals surface area contributed by atoms with Gasteiger partial charge in [-0.25, -0.2) is 14.6 Å². The lowest BCUT2D eigenvalue weighted by Crippen LogP contribution is -2.29. The predicted octanol–water partition coefficient (Wildman–Crippen LogP) is 1.31. The number of rotatable bonds is 6. The van der Waals surface area contributed by atoms with Crippen molar-refractivity contribution in [2.24, 2.45) is 12.1 Å². The summed E-state index contributed by atoms with van der Waals surface area (Å²) >= 11 is 5.95. The van der Waals surface area contributed by atoms with Crippen LogP contribution in [0.5, 0.6) is 0 Å². The van der Waals surface area contributed by atoms with E-state index in [1.54, 1.807) is 0 Å². The average Bonchev–Trinajstić information content (AvgIpc) is 2.99. The van der Waals surface area contributed by atoms with Crippen LogP contribution < -0.4 is 16.7 Å². The minimum atomic E-state index is -0.586. The van der Waals surface area contributed by atoms with Gasteiger partial charge in [0.25, 0.3) is 5.56 Å². The highest BCUT2D eigenvalue weighted by molar-refractivity contribution is 6.33. The van der Waals surface area contributed by atoms with Gasteiger partial charge >= 0.3 is 5.69 Å². The van der Waals surface area contributed by atoms with E-state index in [2.05, 4.69) is 20.5 Å². The number of methoxy groups -OCH3 is 1. The van der Waals surface area contributed by atoms with Gasteiger partial charge < -0.3 is 9.30 Å². The molecular weight excluding hydrogens is 379 g/mol. The van der Waals surface area contributed by atoms with E-state index in [0.29, 0.717) is 6.61 Å². The molecular formula is C16H16ClFN6O3. The summed E-state index contributed by atoms with van der Waals surface area (Å²) in [6.45, 7) is 0.581. The Hall–Kier alpha value is -2.98. The maximum atomic E-state index is 13.8. The number of fused-ring (bicyclic) bond motifs is 1. The lowest BCUT2D eigenvalue weighted by atomic mass is 10.2. The number of halogens is 2. The summed E-state index contributed by atoms with van der Waals surface area (Å²) in [4.78, 5) is 30.5. The van der Waals surface area contributed by atoms with E-state index in [-0.39, 0.29) is 34.2 Å². The number of aromatic amines is 1. The molecule has 0 aliphatic heterocycles.